The maximum Gasteiger partial charge on any atom is 0.251 e. The fourth-order valence-electron chi connectivity index (χ4n) is 2.80. The first-order valence-corrected chi connectivity index (χ1v) is 10.5. The Kier molecular flexibility index (Phi) is 7.47. The Labute approximate surface area is 174 Å². The van der Waals surface area contributed by atoms with Crippen LogP contribution in [0.5, 0.6) is 0 Å². The molecule has 0 radical (unpaired) electrons. The molecule has 2 N–H and O–H groups in total. The summed E-state index contributed by atoms with van der Waals surface area (Å²) in [7, 11) is 0. The van der Waals surface area contributed by atoms with Crippen molar-refractivity contribution >= 4 is 28.3 Å². The molecule has 0 saturated heterocycles. The van der Waals surface area contributed by atoms with Crippen molar-refractivity contribution in [1.29, 1.82) is 0 Å². The summed E-state index contributed by atoms with van der Waals surface area (Å²) in [5.74, 6) is -0.618. The summed E-state index contributed by atoms with van der Waals surface area (Å²) in [6.07, 6.45) is 4.24. The van der Waals surface area contributed by atoms with E-state index in [9.17, 15) is 9.59 Å². The Bertz CT molecular complexity index is 939. The Morgan fingerprint density at radius 1 is 0.931 bits per heavy atom. The van der Waals surface area contributed by atoms with Gasteiger partial charge in [-0.15, -0.1) is 10.2 Å². The van der Waals surface area contributed by atoms with Gasteiger partial charge >= 0.3 is 0 Å². The van der Waals surface area contributed by atoms with Crippen molar-refractivity contribution in [3.63, 3.8) is 0 Å². The van der Waals surface area contributed by atoms with Crippen LogP contribution in [0.1, 0.15) is 41.6 Å². The topological polar surface area (TPSA) is 84.0 Å². The van der Waals surface area contributed by atoms with E-state index >= 15 is 0 Å². The molecule has 0 aliphatic heterocycles. The van der Waals surface area contributed by atoms with Gasteiger partial charge in [-0.25, -0.2) is 0 Å². The number of rotatable bonds is 9. The van der Waals surface area contributed by atoms with Crippen LogP contribution < -0.4 is 10.6 Å². The van der Waals surface area contributed by atoms with E-state index in [-0.39, 0.29) is 18.4 Å². The zero-order valence-electron chi connectivity index (χ0n) is 16.4. The third kappa shape index (κ3) is 6.22. The molecule has 29 heavy (non-hydrogen) atoms. The smallest absolute Gasteiger partial charge is 0.251 e. The first-order valence-electron chi connectivity index (χ1n) is 9.71. The minimum absolute atomic E-state index is 0.121. The molecule has 0 saturated carbocycles. The number of unbranched alkanes of at least 4 members (excludes halogenated alkanes) is 2. The number of benzene rings is 2. The van der Waals surface area contributed by atoms with Crippen molar-refractivity contribution in [2.45, 2.75) is 32.6 Å². The number of hydrogen-bond donors (Lipinski definition) is 2. The van der Waals surface area contributed by atoms with Gasteiger partial charge in [0.1, 0.15) is 5.01 Å². The van der Waals surface area contributed by atoms with Gasteiger partial charge in [-0.05, 0) is 29.7 Å². The van der Waals surface area contributed by atoms with Crippen molar-refractivity contribution in [2.24, 2.45) is 0 Å². The van der Waals surface area contributed by atoms with Crippen LogP contribution in [0, 0.1) is 0 Å². The minimum atomic E-state index is -0.324. The van der Waals surface area contributed by atoms with Crippen molar-refractivity contribution in [1.82, 2.24) is 15.5 Å². The van der Waals surface area contributed by atoms with E-state index in [2.05, 4.69) is 27.8 Å². The second-order valence-electron chi connectivity index (χ2n) is 6.63. The van der Waals surface area contributed by atoms with E-state index in [1.807, 2.05) is 42.5 Å². The van der Waals surface area contributed by atoms with Crippen LogP contribution in [0.25, 0.3) is 11.1 Å². The number of carbonyl (C=O) groups excluding carboxylic acids is 2. The lowest BCUT2D eigenvalue weighted by Crippen LogP contribution is -2.32. The number of hydrogen-bond acceptors (Lipinski definition) is 5. The molecule has 7 heteroatoms. The first kappa shape index (κ1) is 20.7. The minimum Gasteiger partial charge on any atom is -0.343 e. The number of amides is 2. The highest BCUT2D eigenvalue weighted by molar-refractivity contribution is 7.15. The lowest BCUT2D eigenvalue weighted by atomic mass is 10.0. The van der Waals surface area contributed by atoms with Gasteiger partial charge in [0.05, 0.1) is 6.54 Å². The third-order valence-electron chi connectivity index (χ3n) is 4.37. The zero-order valence-corrected chi connectivity index (χ0v) is 17.2. The van der Waals surface area contributed by atoms with Crippen molar-refractivity contribution in [2.75, 3.05) is 11.9 Å². The number of carbonyl (C=O) groups is 2. The molecule has 0 unspecified atom stereocenters. The molecule has 0 aliphatic rings. The molecule has 6 nitrogen and oxygen atoms in total. The average Bonchev–Trinajstić information content (AvgIpc) is 3.20. The summed E-state index contributed by atoms with van der Waals surface area (Å²) < 4.78 is 0. The maximum absolute atomic E-state index is 12.3. The Balaban J connectivity index is 1.47. The van der Waals surface area contributed by atoms with Crippen molar-refractivity contribution < 1.29 is 9.59 Å². The Hall–Kier alpha value is -3.06. The summed E-state index contributed by atoms with van der Waals surface area (Å²) >= 11 is 1.37. The normalized spacial score (nSPS) is 10.5. The molecule has 2 aromatic carbocycles. The van der Waals surface area contributed by atoms with Crippen LogP contribution in [-0.2, 0) is 11.2 Å². The highest BCUT2D eigenvalue weighted by Gasteiger charge is 2.11. The molecule has 0 atom stereocenters. The van der Waals surface area contributed by atoms with Gasteiger partial charge in [-0.3, -0.25) is 14.9 Å². The quantitative estimate of drug-likeness (QED) is 0.517. The molecule has 0 aliphatic carbocycles. The van der Waals surface area contributed by atoms with E-state index < -0.39 is 0 Å². The van der Waals surface area contributed by atoms with Crippen LogP contribution in [0.3, 0.4) is 0 Å². The molecule has 150 valence electrons. The predicted octanol–water partition coefficient (Wildman–Crippen LogP) is 4.31. The largest absolute Gasteiger partial charge is 0.343 e. The molecule has 0 spiro atoms. The predicted molar refractivity (Wildman–Crippen MR) is 116 cm³/mol. The number of aryl methyl sites for hydroxylation is 1. The molecule has 2 amide bonds. The summed E-state index contributed by atoms with van der Waals surface area (Å²) in [4.78, 5) is 24.4. The lowest BCUT2D eigenvalue weighted by Gasteiger charge is -2.06. The monoisotopic (exact) mass is 408 g/mol. The lowest BCUT2D eigenvalue weighted by molar-refractivity contribution is -0.115. The second kappa shape index (κ2) is 10.5. The zero-order chi connectivity index (χ0) is 20.5. The highest BCUT2D eigenvalue weighted by atomic mass is 32.1. The van der Waals surface area contributed by atoms with E-state index in [4.69, 9.17) is 0 Å². The molecule has 3 rings (SSSR count). The highest BCUT2D eigenvalue weighted by Crippen LogP contribution is 2.19. The van der Waals surface area contributed by atoms with E-state index in [1.165, 1.54) is 11.3 Å². The van der Waals surface area contributed by atoms with E-state index in [0.717, 1.165) is 41.8 Å². The maximum atomic E-state index is 12.3. The van der Waals surface area contributed by atoms with Gasteiger partial charge in [0.25, 0.3) is 5.91 Å². The standard InChI is InChI=1S/C22H24N4O2S/c1-2-3-5-10-20-25-26-22(29-20)24-19(27)15-23-21(28)18-13-11-17(12-14-18)16-8-6-4-7-9-16/h4,6-9,11-14H,2-3,5,10,15H2,1H3,(H,23,28)(H,24,26,27). The van der Waals surface area contributed by atoms with E-state index in [0.29, 0.717) is 10.7 Å². The molecule has 0 fully saturated rings. The second-order valence-corrected chi connectivity index (χ2v) is 7.69. The van der Waals surface area contributed by atoms with E-state index in [1.54, 1.807) is 12.1 Å². The summed E-state index contributed by atoms with van der Waals surface area (Å²) in [5, 5.41) is 14.8. The first-order chi connectivity index (χ1) is 14.2. The molecule has 0 bridgehead atoms. The van der Waals surface area contributed by atoms with Gasteiger partial charge in [0.2, 0.25) is 11.0 Å². The van der Waals surface area contributed by atoms with Crippen LogP contribution in [0.4, 0.5) is 5.13 Å². The molecular formula is C22H24N4O2S. The number of nitrogens with one attached hydrogen (secondary N) is 2. The van der Waals surface area contributed by atoms with Crippen LogP contribution in [0.2, 0.25) is 0 Å². The van der Waals surface area contributed by atoms with Gasteiger partial charge < -0.3 is 5.32 Å². The van der Waals surface area contributed by atoms with Crippen LogP contribution in [-0.4, -0.2) is 28.6 Å². The molecule has 1 aromatic heterocycles. The average molecular weight is 409 g/mol. The van der Waals surface area contributed by atoms with Crippen LogP contribution >= 0.6 is 11.3 Å². The van der Waals surface area contributed by atoms with Crippen molar-refractivity contribution in [3.05, 3.63) is 65.2 Å². The van der Waals surface area contributed by atoms with Gasteiger partial charge in [-0.1, -0.05) is 73.6 Å². The third-order valence-corrected chi connectivity index (χ3v) is 5.27. The molecular weight excluding hydrogens is 384 g/mol. The van der Waals surface area contributed by atoms with Crippen LogP contribution in [0.15, 0.2) is 54.6 Å². The van der Waals surface area contributed by atoms with Gasteiger partial charge in [0, 0.05) is 12.0 Å². The summed E-state index contributed by atoms with van der Waals surface area (Å²) in [6.45, 7) is 2.03. The number of anilines is 1. The van der Waals surface area contributed by atoms with Gasteiger partial charge in [0.15, 0.2) is 0 Å². The molecule has 3 aromatic rings. The van der Waals surface area contributed by atoms with Crippen molar-refractivity contribution in [3.8, 4) is 11.1 Å². The Morgan fingerprint density at radius 3 is 2.38 bits per heavy atom. The van der Waals surface area contributed by atoms with Gasteiger partial charge in [-0.2, -0.15) is 0 Å². The fraction of sp³-hybridized carbons (Fsp3) is 0.273. The Morgan fingerprint density at radius 2 is 1.66 bits per heavy atom. The SMILES string of the molecule is CCCCCc1nnc(NC(=O)CNC(=O)c2ccc(-c3ccccc3)cc2)s1. The summed E-state index contributed by atoms with van der Waals surface area (Å²) in [6, 6.07) is 17.2. The number of aromatic nitrogens is 2. The fourth-order valence-corrected chi connectivity index (χ4v) is 3.60. The number of nitrogens with zero attached hydrogens (tertiary/aromatic N) is 2. The summed E-state index contributed by atoms with van der Waals surface area (Å²) in [5.41, 5.74) is 2.63. The molecule has 1 heterocycles.